The highest BCUT2D eigenvalue weighted by Gasteiger charge is 2.17. The molecule has 2 N–H and O–H groups in total. The predicted octanol–water partition coefficient (Wildman–Crippen LogP) is 4.58. The molecule has 0 saturated carbocycles. The molecule has 0 bridgehead atoms. The Morgan fingerprint density at radius 3 is 2.33 bits per heavy atom. The van der Waals surface area contributed by atoms with E-state index in [2.05, 4.69) is 38.7 Å². The van der Waals surface area contributed by atoms with E-state index in [0.717, 1.165) is 30.2 Å². The Morgan fingerprint density at radius 1 is 1.05 bits per heavy atom. The monoisotopic (exact) mass is 292 g/mol. The van der Waals surface area contributed by atoms with E-state index >= 15 is 0 Å². The first kappa shape index (κ1) is 18.0. The Bertz CT molecular complexity index is 410. The van der Waals surface area contributed by atoms with Crippen molar-refractivity contribution in [1.82, 2.24) is 4.98 Å². The second-order valence-electron chi connectivity index (χ2n) is 6.77. The normalized spacial score (nSPS) is 11.7. The van der Waals surface area contributed by atoms with Gasteiger partial charge in [-0.1, -0.05) is 59.8 Å². The van der Waals surface area contributed by atoms with Crippen LogP contribution in [0, 0.1) is 0 Å². The highest BCUT2D eigenvalue weighted by molar-refractivity contribution is 5.28. The van der Waals surface area contributed by atoms with Crippen molar-refractivity contribution in [3.05, 3.63) is 23.4 Å². The Hall–Kier alpha value is -1.09. The average Bonchev–Trinajstić information content (AvgIpc) is 2.45. The molecule has 0 spiro atoms. The molecule has 0 aliphatic rings. The SMILES string of the molecule is CCCCCCCCOc1cc(CN)cc(C(C)(C)C)n1. The van der Waals surface area contributed by atoms with Gasteiger partial charge in [0.05, 0.1) is 12.3 Å². The fraction of sp³-hybridized carbons (Fsp3) is 0.722. The van der Waals surface area contributed by atoms with Crippen LogP contribution in [0.15, 0.2) is 12.1 Å². The summed E-state index contributed by atoms with van der Waals surface area (Å²) in [7, 11) is 0. The lowest BCUT2D eigenvalue weighted by atomic mass is 9.91. The Balaban J connectivity index is 2.47. The molecule has 1 heterocycles. The van der Waals surface area contributed by atoms with Gasteiger partial charge in [0.2, 0.25) is 5.88 Å². The summed E-state index contributed by atoms with van der Waals surface area (Å²) in [6.45, 7) is 10.00. The maximum Gasteiger partial charge on any atom is 0.213 e. The van der Waals surface area contributed by atoms with Crippen LogP contribution in [0.25, 0.3) is 0 Å². The number of nitrogens with two attached hydrogens (primary N) is 1. The maximum absolute atomic E-state index is 5.82. The summed E-state index contributed by atoms with van der Waals surface area (Å²) in [6, 6.07) is 4.05. The summed E-state index contributed by atoms with van der Waals surface area (Å²) in [5, 5.41) is 0. The molecule has 0 fully saturated rings. The largest absolute Gasteiger partial charge is 0.478 e. The summed E-state index contributed by atoms with van der Waals surface area (Å²) >= 11 is 0. The van der Waals surface area contributed by atoms with Gasteiger partial charge in [-0.2, -0.15) is 0 Å². The lowest BCUT2D eigenvalue weighted by Gasteiger charge is -2.19. The van der Waals surface area contributed by atoms with Crippen molar-refractivity contribution in [2.45, 2.75) is 78.2 Å². The van der Waals surface area contributed by atoms with E-state index in [4.69, 9.17) is 10.5 Å². The second-order valence-corrected chi connectivity index (χ2v) is 6.77. The van der Waals surface area contributed by atoms with E-state index in [1.54, 1.807) is 0 Å². The number of hydrogen-bond donors (Lipinski definition) is 1. The third kappa shape index (κ3) is 6.94. The van der Waals surface area contributed by atoms with Gasteiger partial charge in [0, 0.05) is 18.0 Å². The molecule has 1 aromatic heterocycles. The summed E-state index contributed by atoms with van der Waals surface area (Å²) in [6.07, 6.45) is 7.62. The third-order valence-corrected chi connectivity index (χ3v) is 3.61. The molecule has 21 heavy (non-hydrogen) atoms. The van der Waals surface area contributed by atoms with Crippen LogP contribution < -0.4 is 10.5 Å². The zero-order valence-corrected chi connectivity index (χ0v) is 14.2. The molecular weight excluding hydrogens is 260 g/mol. The van der Waals surface area contributed by atoms with E-state index in [0.29, 0.717) is 6.54 Å². The number of rotatable bonds is 9. The van der Waals surface area contributed by atoms with Crippen LogP contribution >= 0.6 is 0 Å². The number of aromatic nitrogens is 1. The van der Waals surface area contributed by atoms with Crippen LogP contribution in [-0.2, 0) is 12.0 Å². The van der Waals surface area contributed by atoms with Crippen molar-refractivity contribution in [1.29, 1.82) is 0 Å². The standard InChI is InChI=1S/C18H32N2O/c1-5-6-7-8-9-10-11-21-17-13-15(14-19)12-16(20-17)18(2,3)4/h12-13H,5-11,14,19H2,1-4H3. The molecule has 0 aliphatic heterocycles. The van der Waals surface area contributed by atoms with E-state index in [-0.39, 0.29) is 5.41 Å². The molecular formula is C18H32N2O. The molecule has 0 aromatic carbocycles. The molecule has 120 valence electrons. The van der Waals surface area contributed by atoms with E-state index in [9.17, 15) is 0 Å². The summed E-state index contributed by atoms with van der Waals surface area (Å²) in [4.78, 5) is 4.62. The van der Waals surface area contributed by atoms with Crippen molar-refractivity contribution in [2.75, 3.05) is 6.61 Å². The van der Waals surface area contributed by atoms with Gasteiger partial charge in [-0.25, -0.2) is 4.98 Å². The van der Waals surface area contributed by atoms with Crippen molar-refractivity contribution in [2.24, 2.45) is 5.73 Å². The van der Waals surface area contributed by atoms with Gasteiger partial charge in [0.15, 0.2) is 0 Å². The van der Waals surface area contributed by atoms with Gasteiger partial charge >= 0.3 is 0 Å². The summed E-state index contributed by atoms with van der Waals surface area (Å²) < 4.78 is 5.82. The Labute approximate surface area is 130 Å². The van der Waals surface area contributed by atoms with Crippen LogP contribution in [0.1, 0.15) is 77.5 Å². The van der Waals surface area contributed by atoms with Gasteiger partial charge in [0.25, 0.3) is 0 Å². The molecule has 3 heteroatoms. The lowest BCUT2D eigenvalue weighted by molar-refractivity contribution is 0.290. The van der Waals surface area contributed by atoms with Crippen LogP contribution in [0.5, 0.6) is 5.88 Å². The zero-order valence-electron chi connectivity index (χ0n) is 14.2. The van der Waals surface area contributed by atoms with E-state index < -0.39 is 0 Å². The molecule has 0 atom stereocenters. The van der Waals surface area contributed by atoms with Gasteiger partial charge in [0.1, 0.15) is 0 Å². The fourth-order valence-electron chi connectivity index (χ4n) is 2.19. The quantitative estimate of drug-likeness (QED) is 0.678. The first-order valence-electron chi connectivity index (χ1n) is 8.31. The van der Waals surface area contributed by atoms with Crippen molar-refractivity contribution >= 4 is 0 Å². The smallest absolute Gasteiger partial charge is 0.213 e. The molecule has 0 radical (unpaired) electrons. The van der Waals surface area contributed by atoms with Crippen molar-refractivity contribution in [3.63, 3.8) is 0 Å². The number of nitrogens with zero attached hydrogens (tertiary/aromatic N) is 1. The van der Waals surface area contributed by atoms with Crippen LogP contribution in [0.4, 0.5) is 0 Å². The molecule has 1 rings (SSSR count). The minimum Gasteiger partial charge on any atom is -0.478 e. The zero-order chi connectivity index (χ0) is 15.7. The first-order valence-corrected chi connectivity index (χ1v) is 8.31. The first-order chi connectivity index (χ1) is 9.97. The number of hydrogen-bond acceptors (Lipinski definition) is 3. The predicted molar refractivity (Wildman–Crippen MR) is 89.7 cm³/mol. The second kappa shape index (κ2) is 9.04. The number of pyridine rings is 1. The number of ether oxygens (including phenoxy) is 1. The van der Waals surface area contributed by atoms with Crippen LogP contribution in [0.3, 0.4) is 0 Å². The highest BCUT2D eigenvalue weighted by Crippen LogP contribution is 2.24. The Kier molecular flexibility index (Phi) is 7.73. The van der Waals surface area contributed by atoms with Gasteiger partial charge in [-0.3, -0.25) is 0 Å². The van der Waals surface area contributed by atoms with Crippen molar-refractivity contribution in [3.8, 4) is 5.88 Å². The summed E-state index contributed by atoms with van der Waals surface area (Å²) in [5.41, 5.74) is 7.92. The fourth-order valence-corrected chi connectivity index (χ4v) is 2.19. The molecule has 0 unspecified atom stereocenters. The van der Waals surface area contributed by atoms with E-state index in [1.165, 1.54) is 32.1 Å². The number of unbranched alkanes of at least 4 members (excludes halogenated alkanes) is 5. The van der Waals surface area contributed by atoms with Crippen molar-refractivity contribution < 1.29 is 4.74 Å². The maximum atomic E-state index is 5.82. The molecule has 0 saturated heterocycles. The molecule has 3 nitrogen and oxygen atoms in total. The van der Waals surface area contributed by atoms with Gasteiger partial charge < -0.3 is 10.5 Å². The van der Waals surface area contributed by atoms with E-state index in [1.807, 2.05) is 6.07 Å². The summed E-state index contributed by atoms with van der Waals surface area (Å²) in [5.74, 6) is 0.719. The molecule has 0 amide bonds. The van der Waals surface area contributed by atoms with Crippen LogP contribution in [0.2, 0.25) is 0 Å². The molecule has 0 aliphatic carbocycles. The Morgan fingerprint density at radius 2 is 1.71 bits per heavy atom. The minimum atomic E-state index is 0.0173. The average molecular weight is 292 g/mol. The molecule has 1 aromatic rings. The highest BCUT2D eigenvalue weighted by atomic mass is 16.5. The third-order valence-electron chi connectivity index (χ3n) is 3.61. The topological polar surface area (TPSA) is 48.1 Å². The minimum absolute atomic E-state index is 0.0173. The van der Waals surface area contributed by atoms with Gasteiger partial charge in [-0.15, -0.1) is 0 Å². The van der Waals surface area contributed by atoms with Crippen LogP contribution in [-0.4, -0.2) is 11.6 Å². The lowest BCUT2D eigenvalue weighted by Crippen LogP contribution is -2.15. The van der Waals surface area contributed by atoms with Gasteiger partial charge in [-0.05, 0) is 18.1 Å².